The van der Waals surface area contributed by atoms with Gasteiger partial charge in [0.25, 0.3) is 5.91 Å². The van der Waals surface area contributed by atoms with Crippen molar-refractivity contribution in [1.82, 2.24) is 10.3 Å². The van der Waals surface area contributed by atoms with Gasteiger partial charge >= 0.3 is 0 Å². The summed E-state index contributed by atoms with van der Waals surface area (Å²) in [6.45, 7) is 4.11. The molecule has 0 radical (unpaired) electrons. The summed E-state index contributed by atoms with van der Waals surface area (Å²) < 4.78 is 0. The third-order valence-electron chi connectivity index (χ3n) is 3.18. The Bertz CT molecular complexity index is 629. The van der Waals surface area contributed by atoms with Gasteiger partial charge in [0, 0.05) is 6.20 Å². The number of carbonyl (C=O) groups excluding carboxylic acids is 1. The fraction of sp³-hybridized carbons (Fsp3) is 0.250. The number of nitrogens with zero attached hydrogens (tertiary/aromatic N) is 1. The molecule has 0 fully saturated rings. The number of pyridine rings is 1. The Kier molecular flexibility index (Phi) is 5.21. The first-order valence-electron chi connectivity index (χ1n) is 6.66. The van der Waals surface area contributed by atoms with E-state index in [1.54, 1.807) is 0 Å². The number of rotatable bonds is 4. The van der Waals surface area contributed by atoms with Gasteiger partial charge in [-0.3, -0.25) is 4.79 Å². The lowest BCUT2D eigenvalue weighted by molar-refractivity contribution is 0.0925. The van der Waals surface area contributed by atoms with Crippen LogP contribution in [0.15, 0.2) is 42.6 Å². The van der Waals surface area contributed by atoms with Crippen molar-refractivity contribution in [3.63, 3.8) is 0 Å². The third kappa shape index (κ3) is 3.96. The molecule has 1 aromatic carbocycles. The van der Waals surface area contributed by atoms with E-state index in [1.165, 1.54) is 12.3 Å². The summed E-state index contributed by atoms with van der Waals surface area (Å²) in [7, 11) is 0. The van der Waals surface area contributed by atoms with Gasteiger partial charge in [0.1, 0.15) is 5.15 Å². The molecule has 0 spiro atoms. The topological polar surface area (TPSA) is 42.0 Å². The second kappa shape index (κ2) is 6.92. The average molecular weight is 323 g/mol. The highest BCUT2D eigenvalue weighted by Gasteiger charge is 2.20. The first kappa shape index (κ1) is 15.8. The Morgan fingerprint density at radius 1 is 1.19 bits per heavy atom. The van der Waals surface area contributed by atoms with E-state index in [0.717, 1.165) is 5.56 Å². The second-order valence-electron chi connectivity index (χ2n) is 5.09. The Labute approximate surface area is 134 Å². The maximum atomic E-state index is 12.4. The van der Waals surface area contributed by atoms with Gasteiger partial charge in [0.15, 0.2) is 0 Å². The van der Waals surface area contributed by atoms with Crippen LogP contribution >= 0.6 is 23.2 Å². The molecule has 0 aliphatic heterocycles. The van der Waals surface area contributed by atoms with Crippen LogP contribution in [0.4, 0.5) is 0 Å². The van der Waals surface area contributed by atoms with Gasteiger partial charge in [-0.25, -0.2) is 4.98 Å². The fourth-order valence-electron chi connectivity index (χ4n) is 2.10. The van der Waals surface area contributed by atoms with Crippen molar-refractivity contribution in [2.75, 3.05) is 0 Å². The second-order valence-corrected chi connectivity index (χ2v) is 5.89. The standard InChI is InChI=1S/C16H16Cl2N2O/c1-10(2)15(11-6-4-3-5-7-11)20-16(21)12-8-14(18)19-9-13(12)17/h3-10,15H,1-2H3,(H,20,21). The van der Waals surface area contributed by atoms with Gasteiger partial charge in [-0.1, -0.05) is 67.4 Å². The number of nitrogens with one attached hydrogen (secondary N) is 1. The summed E-state index contributed by atoms with van der Waals surface area (Å²) in [5, 5.41) is 3.53. The predicted octanol–water partition coefficient (Wildman–Crippen LogP) is 4.52. The normalized spacial score (nSPS) is 12.2. The van der Waals surface area contributed by atoms with Gasteiger partial charge in [0.05, 0.1) is 16.6 Å². The van der Waals surface area contributed by atoms with Crippen LogP contribution in [-0.2, 0) is 0 Å². The van der Waals surface area contributed by atoms with E-state index in [0.29, 0.717) is 5.56 Å². The van der Waals surface area contributed by atoms with E-state index in [1.807, 2.05) is 30.3 Å². The summed E-state index contributed by atoms with van der Waals surface area (Å²) in [6, 6.07) is 11.2. The van der Waals surface area contributed by atoms with Crippen molar-refractivity contribution in [2.24, 2.45) is 5.92 Å². The smallest absolute Gasteiger partial charge is 0.253 e. The highest BCUT2D eigenvalue weighted by atomic mass is 35.5. The minimum absolute atomic E-state index is 0.0956. The van der Waals surface area contributed by atoms with Crippen LogP contribution in [0.25, 0.3) is 0 Å². The number of benzene rings is 1. The Balaban J connectivity index is 2.25. The summed E-state index contributed by atoms with van der Waals surface area (Å²) in [4.78, 5) is 16.3. The molecule has 1 unspecified atom stereocenters. The molecule has 0 aliphatic carbocycles. The van der Waals surface area contributed by atoms with Crippen LogP contribution in [0.3, 0.4) is 0 Å². The van der Waals surface area contributed by atoms with Crippen LogP contribution < -0.4 is 5.32 Å². The lowest BCUT2D eigenvalue weighted by Gasteiger charge is -2.23. The van der Waals surface area contributed by atoms with E-state index in [9.17, 15) is 4.79 Å². The summed E-state index contributed by atoms with van der Waals surface area (Å²) >= 11 is 11.8. The number of aromatic nitrogens is 1. The van der Waals surface area contributed by atoms with Crippen molar-refractivity contribution < 1.29 is 4.79 Å². The number of amides is 1. The molecule has 1 amide bonds. The molecule has 21 heavy (non-hydrogen) atoms. The summed E-state index contributed by atoms with van der Waals surface area (Å²) in [6.07, 6.45) is 1.38. The van der Waals surface area contributed by atoms with Crippen LogP contribution in [0.1, 0.15) is 35.8 Å². The van der Waals surface area contributed by atoms with E-state index >= 15 is 0 Å². The third-order valence-corrected chi connectivity index (χ3v) is 3.69. The highest BCUT2D eigenvalue weighted by Crippen LogP contribution is 2.24. The molecule has 3 nitrogen and oxygen atoms in total. The molecule has 0 aliphatic rings. The van der Waals surface area contributed by atoms with Gasteiger partial charge in [-0.2, -0.15) is 0 Å². The molecule has 1 heterocycles. The predicted molar refractivity (Wildman–Crippen MR) is 85.7 cm³/mol. The molecule has 0 saturated heterocycles. The molecule has 5 heteroatoms. The lowest BCUT2D eigenvalue weighted by atomic mass is 9.96. The number of halogens is 2. The van der Waals surface area contributed by atoms with Crippen LogP contribution in [0.2, 0.25) is 10.2 Å². The first-order valence-corrected chi connectivity index (χ1v) is 7.41. The van der Waals surface area contributed by atoms with Crippen molar-refractivity contribution in [1.29, 1.82) is 0 Å². The van der Waals surface area contributed by atoms with Crippen LogP contribution in [-0.4, -0.2) is 10.9 Å². The van der Waals surface area contributed by atoms with Gasteiger partial charge < -0.3 is 5.32 Å². The van der Waals surface area contributed by atoms with E-state index in [2.05, 4.69) is 24.1 Å². The Hall–Kier alpha value is -1.58. The lowest BCUT2D eigenvalue weighted by Crippen LogP contribution is -2.32. The van der Waals surface area contributed by atoms with Crippen LogP contribution in [0, 0.1) is 5.92 Å². The number of hydrogen-bond acceptors (Lipinski definition) is 2. The molecule has 110 valence electrons. The molecule has 2 rings (SSSR count). The zero-order chi connectivity index (χ0) is 15.4. The molecule has 1 atom stereocenters. The molecule has 0 bridgehead atoms. The zero-order valence-corrected chi connectivity index (χ0v) is 13.3. The molecule has 0 saturated carbocycles. The van der Waals surface area contributed by atoms with Crippen LogP contribution in [0.5, 0.6) is 0 Å². The molecular formula is C16H16Cl2N2O. The number of hydrogen-bond donors (Lipinski definition) is 1. The largest absolute Gasteiger partial charge is 0.345 e. The minimum atomic E-state index is -0.258. The van der Waals surface area contributed by atoms with E-state index < -0.39 is 0 Å². The highest BCUT2D eigenvalue weighted by molar-refractivity contribution is 6.35. The van der Waals surface area contributed by atoms with Gasteiger partial charge in [0.2, 0.25) is 0 Å². The van der Waals surface area contributed by atoms with Gasteiger partial charge in [-0.15, -0.1) is 0 Å². The monoisotopic (exact) mass is 322 g/mol. The average Bonchev–Trinajstić information content (AvgIpc) is 2.47. The minimum Gasteiger partial charge on any atom is -0.345 e. The fourth-order valence-corrected chi connectivity index (χ4v) is 2.45. The SMILES string of the molecule is CC(C)C(NC(=O)c1cc(Cl)ncc1Cl)c1ccccc1. The maximum absolute atomic E-state index is 12.4. The van der Waals surface area contributed by atoms with E-state index in [-0.39, 0.29) is 28.0 Å². The molecular weight excluding hydrogens is 307 g/mol. The van der Waals surface area contributed by atoms with Crippen molar-refractivity contribution in [3.05, 3.63) is 63.9 Å². The van der Waals surface area contributed by atoms with Crippen molar-refractivity contribution in [2.45, 2.75) is 19.9 Å². The summed E-state index contributed by atoms with van der Waals surface area (Å²) in [5.74, 6) is -0.0145. The van der Waals surface area contributed by atoms with E-state index in [4.69, 9.17) is 23.2 Å². The van der Waals surface area contributed by atoms with Crippen molar-refractivity contribution in [3.8, 4) is 0 Å². The maximum Gasteiger partial charge on any atom is 0.253 e. The zero-order valence-electron chi connectivity index (χ0n) is 11.8. The molecule has 1 aromatic heterocycles. The summed E-state index contributed by atoms with van der Waals surface area (Å²) in [5.41, 5.74) is 1.38. The quantitative estimate of drug-likeness (QED) is 0.841. The first-order chi connectivity index (χ1) is 9.99. The Morgan fingerprint density at radius 2 is 1.86 bits per heavy atom. The number of carbonyl (C=O) groups is 1. The Morgan fingerprint density at radius 3 is 2.48 bits per heavy atom. The molecule has 2 aromatic rings. The van der Waals surface area contributed by atoms with Gasteiger partial charge in [-0.05, 0) is 17.5 Å². The van der Waals surface area contributed by atoms with Crippen molar-refractivity contribution >= 4 is 29.1 Å². The molecule has 1 N–H and O–H groups in total.